The minimum atomic E-state index is -1.98. The van der Waals surface area contributed by atoms with Gasteiger partial charge in [-0.3, -0.25) is 15.3 Å². The molecule has 1 fully saturated rings. The number of amides is 1. The second kappa shape index (κ2) is 9.08. The molecule has 160 valence electrons. The van der Waals surface area contributed by atoms with Crippen LogP contribution in [0.2, 0.25) is 0 Å². The molecule has 2 unspecified atom stereocenters. The lowest BCUT2D eigenvalue weighted by molar-refractivity contribution is -0.148. The van der Waals surface area contributed by atoms with Gasteiger partial charge in [-0.2, -0.15) is 0 Å². The van der Waals surface area contributed by atoms with Crippen molar-refractivity contribution in [3.63, 3.8) is 0 Å². The zero-order valence-electron chi connectivity index (χ0n) is 17.4. The summed E-state index contributed by atoms with van der Waals surface area (Å²) in [5.41, 5.74) is 2.55. The fraction of sp³-hybridized carbons (Fsp3) is 0.375. The van der Waals surface area contributed by atoms with E-state index in [1.807, 2.05) is 18.2 Å². The molecule has 1 aliphatic rings. The number of alkyl halides is 1. The second-order valence-electron chi connectivity index (χ2n) is 8.28. The molecule has 2 atom stereocenters. The predicted octanol–water partition coefficient (Wildman–Crippen LogP) is 3.82. The number of carbonyl (C=O) groups excluding carboxylic acids is 1. The van der Waals surface area contributed by atoms with Crippen molar-refractivity contribution in [2.75, 3.05) is 13.2 Å². The van der Waals surface area contributed by atoms with Gasteiger partial charge in [-0.25, -0.2) is 9.87 Å². The molecule has 2 aromatic carbocycles. The zero-order valence-corrected chi connectivity index (χ0v) is 17.4. The van der Waals surface area contributed by atoms with Crippen LogP contribution in [-0.2, 0) is 4.79 Å². The Balaban J connectivity index is 1.64. The molecule has 4 N–H and O–H groups in total. The molecule has 0 radical (unpaired) electrons. The Morgan fingerprint density at radius 2 is 1.87 bits per heavy atom. The lowest BCUT2D eigenvalue weighted by atomic mass is 9.82. The molecule has 0 aromatic heterocycles. The van der Waals surface area contributed by atoms with Crippen LogP contribution < -0.4 is 10.8 Å². The molecule has 30 heavy (non-hydrogen) atoms. The fourth-order valence-electron chi connectivity index (χ4n) is 3.39. The fourth-order valence-corrected chi connectivity index (χ4v) is 3.39. The van der Waals surface area contributed by atoms with Gasteiger partial charge in [-0.1, -0.05) is 60.7 Å². The SMILES string of the molecule is CC(O)(CF)C(C)(NCC=Cc1ccc(-c2cccc(C3CC3)c2)cc1)C(=O)NO. The van der Waals surface area contributed by atoms with Crippen LogP contribution in [0.15, 0.2) is 54.6 Å². The van der Waals surface area contributed by atoms with E-state index in [1.165, 1.54) is 43.3 Å². The predicted molar refractivity (Wildman–Crippen MR) is 116 cm³/mol. The zero-order chi connectivity index (χ0) is 21.8. The summed E-state index contributed by atoms with van der Waals surface area (Å²) in [4.78, 5) is 12.0. The lowest BCUT2D eigenvalue weighted by Crippen LogP contribution is -2.68. The molecular formula is C24H29FN2O3. The molecule has 0 saturated heterocycles. The molecule has 5 nitrogen and oxygen atoms in total. The molecular weight excluding hydrogens is 383 g/mol. The summed E-state index contributed by atoms with van der Waals surface area (Å²) in [7, 11) is 0. The molecule has 1 aliphatic carbocycles. The van der Waals surface area contributed by atoms with Crippen molar-refractivity contribution in [2.45, 2.75) is 43.7 Å². The third kappa shape index (κ3) is 4.78. The topological polar surface area (TPSA) is 81.6 Å². The smallest absolute Gasteiger partial charge is 0.266 e. The normalized spacial score (nSPS) is 18.0. The van der Waals surface area contributed by atoms with E-state index in [2.05, 4.69) is 41.7 Å². The molecule has 0 heterocycles. The van der Waals surface area contributed by atoms with Crippen molar-refractivity contribution in [3.05, 3.63) is 65.7 Å². The number of hydrogen-bond acceptors (Lipinski definition) is 4. The molecule has 1 amide bonds. The highest BCUT2D eigenvalue weighted by atomic mass is 19.1. The maximum atomic E-state index is 13.2. The molecule has 1 saturated carbocycles. The van der Waals surface area contributed by atoms with Gasteiger partial charge in [0.1, 0.15) is 17.8 Å². The van der Waals surface area contributed by atoms with Crippen molar-refractivity contribution in [1.29, 1.82) is 0 Å². The Kier molecular flexibility index (Phi) is 6.71. The highest BCUT2D eigenvalue weighted by molar-refractivity contribution is 5.86. The van der Waals surface area contributed by atoms with Gasteiger partial charge in [0.15, 0.2) is 0 Å². The third-order valence-electron chi connectivity index (χ3n) is 5.96. The highest BCUT2D eigenvalue weighted by Crippen LogP contribution is 2.41. The van der Waals surface area contributed by atoms with E-state index in [9.17, 15) is 14.3 Å². The molecule has 2 aromatic rings. The van der Waals surface area contributed by atoms with Crippen molar-refractivity contribution < 1.29 is 19.5 Å². The van der Waals surface area contributed by atoms with Gasteiger partial charge >= 0.3 is 0 Å². The number of hydrogen-bond donors (Lipinski definition) is 4. The van der Waals surface area contributed by atoms with E-state index in [-0.39, 0.29) is 6.54 Å². The number of halogens is 1. The van der Waals surface area contributed by atoms with Gasteiger partial charge in [0.25, 0.3) is 5.91 Å². The number of benzene rings is 2. The quantitative estimate of drug-likeness (QED) is 0.373. The summed E-state index contributed by atoms with van der Waals surface area (Å²) in [6.45, 7) is 1.61. The first kappa shape index (κ1) is 22.2. The Morgan fingerprint density at radius 1 is 1.17 bits per heavy atom. The Morgan fingerprint density at radius 3 is 2.47 bits per heavy atom. The van der Waals surface area contributed by atoms with Crippen LogP contribution in [-0.4, -0.2) is 40.6 Å². The van der Waals surface area contributed by atoms with Gasteiger partial charge in [-0.15, -0.1) is 0 Å². The average Bonchev–Trinajstić information content (AvgIpc) is 3.62. The molecule has 0 aliphatic heterocycles. The van der Waals surface area contributed by atoms with Crippen LogP contribution in [0.4, 0.5) is 4.39 Å². The number of nitrogens with one attached hydrogen (secondary N) is 2. The lowest BCUT2D eigenvalue weighted by Gasteiger charge is -2.39. The molecule has 3 rings (SSSR count). The third-order valence-corrected chi connectivity index (χ3v) is 5.96. The second-order valence-corrected chi connectivity index (χ2v) is 8.28. The van der Waals surface area contributed by atoms with Gasteiger partial charge in [0.05, 0.1) is 0 Å². The van der Waals surface area contributed by atoms with Gasteiger partial charge < -0.3 is 5.11 Å². The van der Waals surface area contributed by atoms with Gasteiger partial charge in [-0.05, 0) is 54.9 Å². The van der Waals surface area contributed by atoms with Gasteiger partial charge in [0, 0.05) is 6.54 Å². The Bertz CT molecular complexity index is 907. The first-order valence-corrected chi connectivity index (χ1v) is 10.2. The van der Waals surface area contributed by atoms with Crippen molar-refractivity contribution in [2.24, 2.45) is 0 Å². The summed E-state index contributed by atoms with van der Waals surface area (Å²) < 4.78 is 13.2. The van der Waals surface area contributed by atoms with E-state index >= 15 is 0 Å². The summed E-state index contributed by atoms with van der Waals surface area (Å²) in [5, 5.41) is 22.0. The van der Waals surface area contributed by atoms with Crippen molar-refractivity contribution >= 4 is 12.0 Å². The Labute approximate surface area is 176 Å². The van der Waals surface area contributed by atoms with Crippen LogP contribution >= 0.6 is 0 Å². The van der Waals surface area contributed by atoms with Crippen LogP contribution in [0.1, 0.15) is 43.7 Å². The largest absolute Gasteiger partial charge is 0.385 e. The summed E-state index contributed by atoms with van der Waals surface area (Å²) in [6, 6.07) is 16.8. The number of hydroxylamine groups is 1. The number of rotatable bonds is 9. The van der Waals surface area contributed by atoms with Crippen molar-refractivity contribution in [1.82, 2.24) is 10.8 Å². The number of aliphatic hydroxyl groups is 1. The van der Waals surface area contributed by atoms with Gasteiger partial charge in [0.2, 0.25) is 0 Å². The van der Waals surface area contributed by atoms with Crippen LogP contribution in [0.5, 0.6) is 0 Å². The minimum absolute atomic E-state index is 0.200. The standard InChI is InChI=1S/C24H29FN2O3/c1-23(29,16-25)24(2,22(28)27-30)26-14-4-5-17-8-10-18(11-9-17)20-6-3-7-21(15-20)19-12-13-19/h3-11,15,19,26,29-30H,12-14,16H2,1-2H3,(H,27,28). The molecule has 0 spiro atoms. The maximum Gasteiger partial charge on any atom is 0.266 e. The summed E-state index contributed by atoms with van der Waals surface area (Å²) in [5.74, 6) is -0.187. The summed E-state index contributed by atoms with van der Waals surface area (Å²) in [6.07, 6.45) is 6.21. The summed E-state index contributed by atoms with van der Waals surface area (Å²) >= 11 is 0. The average molecular weight is 413 g/mol. The highest BCUT2D eigenvalue weighted by Gasteiger charge is 2.49. The van der Waals surface area contributed by atoms with E-state index < -0.39 is 23.7 Å². The van der Waals surface area contributed by atoms with E-state index in [4.69, 9.17) is 5.21 Å². The maximum absolute atomic E-state index is 13.2. The van der Waals surface area contributed by atoms with Crippen LogP contribution in [0.25, 0.3) is 17.2 Å². The monoisotopic (exact) mass is 412 g/mol. The Hall–Kier alpha value is -2.54. The molecule has 0 bridgehead atoms. The van der Waals surface area contributed by atoms with E-state index in [1.54, 1.807) is 6.08 Å². The molecule has 6 heteroatoms. The van der Waals surface area contributed by atoms with E-state index in [0.29, 0.717) is 0 Å². The van der Waals surface area contributed by atoms with Crippen LogP contribution in [0, 0.1) is 0 Å². The van der Waals surface area contributed by atoms with Crippen molar-refractivity contribution in [3.8, 4) is 11.1 Å². The number of carbonyl (C=O) groups is 1. The first-order valence-electron chi connectivity index (χ1n) is 10.2. The minimum Gasteiger partial charge on any atom is -0.385 e. The van der Waals surface area contributed by atoms with E-state index in [0.717, 1.165) is 17.0 Å². The first-order chi connectivity index (χ1) is 14.3. The van der Waals surface area contributed by atoms with Crippen LogP contribution in [0.3, 0.4) is 0 Å².